The summed E-state index contributed by atoms with van der Waals surface area (Å²) >= 11 is 0. The van der Waals surface area contributed by atoms with Gasteiger partial charge in [-0.2, -0.15) is 0 Å². The van der Waals surface area contributed by atoms with E-state index in [0.717, 1.165) is 19.6 Å². The molecule has 0 aliphatic rings. The van der Waals surface area contributed by atoms with Gasteiger partial charge in [0.2, 0.25) is 0 Å². The zero-order chi connectivity index (χ0) is 13.5. The fourth-order valence-corrected chi connectivity index (χ4v) is 1.30. The molecule has 0 radical (unpaired) electrons. The van der Waals surface area contributed by atoms with Gasteiger partial charge >= 0.3 is 0 Å². The molecule has 104 valence electrons. The Balaban J connectivity index is 3.90. The van der Waals surface area contributed by atoms with Gasteiger partial charge in [0.05, 0.1) is 12.7 Å². The van der Waals surface area contributed by atoms with Crippen molar-refractivity contribution in [3.8, 4) is 0 Å². The lowest BCUT2D eigenvalue weighted by atomic mass is 9.93. The van der Waals surface area contributed by atoms with Crippen LogP contribution < -0.4 is 5.32 Å². The fourth-order valence-electron chi connectivity index (χ4n) is 1.30. The van der Waals surface area contributed by atoms with Crippen molar-refractivity contribution in [1.29, 1.82) is 0 Å². The topological polar surface area (TPSA) is 30.5 Å². The zero-order valence-electron chi connectivity index (χ0n) is 12.7. The van der Waals surface area contributed by atoms with Crippen molar-refractivity contribution >= 4 is 0 Å². The third-order valence-corrected chi connectivity index (χ3v) is 2.42. The molecular weight excluding hydrogens is 214 g/mol. The lowest BCUT2D eigenvalue weighted by Gasteiger charge is -2.26. The number of nitrogens with one attached hydrogen (secondary N) is 1. The predicted octanol–water partition coefficient (Wildman–Crippen LogP) is 2.84. The van der Waals surface area contributed by atoms with Gasteiger partial charge < -0.3 is 14.8 Å². The molecule has 0 bridgehead atoms. The van der Waals surface area contributed by atoms with E-state index in [1.165, 1.54) is 0 Å². The molecule has 0 aliphatic carbocycles. The van der Waals surface area contributed by atoms with Gasteiger partial charge in [-0.1, -0.05) is 20.8 Å². The van der Waals surface area contributed by atoms with Crippen LogP contribution in [0.5, 0.6) is 0 Å². The first-order chi connectivity index (χ1) is 7.64. The van der Waals surface area contributed by atoms with Crippen LogP contribution in [0.25, 0.3) is 0 Å². The first-order valence-electron chi connectivity index (χ1n) is 6.49. The van der Waals surface area contributed by atoms with Gasteiger partial charge in [-0.15, -0.1) is 0 Å². The highest BCUT2D eigenvalue weighted by Gasteiger charge is 2.16. The van der Waals surface area contributed by atoms with E-state index >= 15 is 0 Å². The normalized spacial score (nSPS) is 15.0. The van der Waals surface area contributed by atoms with E-state index in [2.05, 4.69) is 46.9 Å². The van der Waals surface area contributed by atoms with Crippen molar-refractivity contribution in [2.45, 2.75) is 59.6 Å². The largest absolute Gasteiger partial charge is 0.382 e. The highest BCUT2D eigenvalue weighted by molar-refractivity contribution is 4.73. The van der Waals surface area contributed by atoms with Crippen LogP contribution in [0, 0.1) is 5.41 Å². The van der Waals surface area contributed by atoms with Crippen LogP contribution >= 0.6 is 0 Å². The van der Waals surface area contributed by atoms with E-state index in [4.69, 9.17) is 9.47 Å². The summed E-state index contributed by atoms with van der Waals surface area (Å²) in [6, 6.07) is 0. The standard InChI is InChI=1S/C14H31NO2/c1-13(2,3)8-9-17-12(11-16-7)10-15-14(4,5)6/h12,15H,8-11H2,1-7H3. The lowest BCUT2D eigenvalue weighted by molar-refractivity contribution is -0.0122. The second-order valence-corrected chi connectivity index (χ2v) is 6.89. The van der Waals surface area contributed by atoms with Gasteiger partial charge in [0.25, 0.3) is 0 Å². The maximum Gasteiger partial charge on any atom is 0.0932 e. The number of ether oxygens (including phenoxy) is 2. The van der Waals surface area contributed by atoms with E-state index in [0.29, 0.717) is 12.0 Å². The van der Waals surface area contributed by atoms with Crippen molar-refractivity contribution < 1.29 is 9.47 Å². The van der Waals surface area contributed by atoms with Crippen molar-refractivity contribution in [2.75, 3.05) is 26.9 Å². The SMILES string of the molecule is COCC(CNC(C)(C)C)OCCC(C)(C)C. The van der Waals surface area contributed by atoms with E-state index < -0.39 is 0 Å². The number of rotatable bonds is 7. The third-order valence-electron chi connectivity index (χ3n) is 2.42. The predicted molar refractivity (Wildman–Crippen MR) is 73.4 cm³/mol. The van der Waals surface area contributed by atoms with Gasteiger partial charge in [0, 0.05) is 25.8 Å². The lowest BCUT2D eigenvalue weighted by Crippen LogP contribution is -2.43. The number of methoxy groups -OCH3 is 1. The molecule has 0 saturated carbocycles. The first-order valence-corrected chi connectivity index (χ1v) is 6.49. The minimum absolute atomic E-state index is 0.124. The van der Waals surface area contributed by atoms with Crippen LogP contribution in [0.4, 0.5) is 0 Å². The molecule has 1 N–H and O–H groups in total. The zero-order valence-corrected chi connectivity index (χ0v) is 12.7. The molecule has 0 saturated heterocycles. The highest BCUT2D eigenvalue weighted by atomic mass is 16.5. The third kappa shape index (κ3) is 12.1. The van der Waals surface area contributed by atoms with Crippen LogP contribution in [0.15, 0.2) is 0 Å². The molecule has 0 aromatic carbocycles. The first kappa shape index (κ1) is 16.9. The van der Waals surface area contributed by atoms with E-state index in [1.807, 2.05) is 0 Å². The van der Waals surface area contributed by atoms with Gasteiger partial charge in [0.15, 0.2) is 0 Å². The van der Waals surface area contributed by atoms with Gasteiger partial charge in [0.1, 0.15) is 0 Å². The Morgan fingerprint density at radius 1 is 1.06 bits per heavy atom. The summed E-state index contributed by atoms with van der Waals surface area (Å²) in [6.45, 7) is 15.4. The Labute approximate surface area is 107 Å². The molecule has 3 nitrogen and oxygen atoms in total. The molecule has 0 aromatic rings. The highest BCUT2D eigenvalue weighted by Crippen LogP contribution is 2.18. The number of hydrogen-bond donors (Lipinski definition) is 1. The van der Waals surface area contributed by atoms with Crippen LogP contribution in [0.3, 0.4) is 0 Å². The molecule has 3 heteroatoms. The average Bonchev–Trinajstić information content (AvgIpc) is 2.11. The Hall–Kier alpha value is -0.120. The Kier molecular flexibility index (Phi) is 7.29. The Morgan fingerprint density at radius 2 is 1.65 bits per heavy atom. The number of hydrogen-bond acceptors (Lipinski definition) is 3. The fraction of sp³-hybridized carbons (Fsp3) is 1.00. The molecular formula is C14H31NO2. The summed E-state index contributed by atoms with van der Waals surface area (Å²) in [5.74, 6) is 0. The molecule has 1 atom stereocenters. The molecule has 0 aliphatic heterocycles. The second-order valence-electron chi connectivity index (χ2n) is 6.89. The smallest absolute Gasteiger partial charge is 0.0932 e. The monoisotopic (exact) mass is 245 g/mol. The van der Waals surface area contributed by atoms with Crippen molar-refractivity contribution in [3.05, 3.63) is 0 Å². The van der Waals surface area contributed by atoms with Gasteiger partial charge in [-0.3, -0.25) is 0 Å². The summed E-state index contributed by atoms with van der Waals surface area (Å²) in [4.78, 5) is 0. The molecule has 0 heterocycles. The summed E-state index contributed by atoms with van der Waals surface area (Å²) in [6.07, 6.45) is 1.21. The summed E-state index contributed by atoms with van der Waals surface area (Å²) in [7, 11) is 1.72. The minimum Gasteiger partial charge on any atom is -0.382 e. The average molecular weight is 245 g/mol. The molecule has 0 rings (SSSR count). The summed E-state index contributed by atoms with van der Waals surface area (Å²) < 4.78 is 11.1. The molecule has 0 fully saturated rings. The van der Waals surface area contributed by atoms with E-state index in [9.17, 15) is 0 Å². The molecule has 0 aromatic heterocycles. The maximum absolute atomic E-state index is 5.87. The van der Waals surface area contributed by atoms with Crippen LogP contribution in [-0.2, 0) is 9.47 Å². The quantitative estimate of drug-likeness (QED) is 0.748. The maximum atomic E-state index is 5.87. The second kappa shape index (κ2) is 7.34. The molecule has 17 heavy (non-hydrogen) atoms. The summed E-state index contributed by atoms with van der Waals surface area (Å²) in [5.41, 5.74) is 0.453. The molecule has 1 unspecified atom stereocenters. The van der Waals surface area contributed by atoms with Crippen molar-refractivity contribution in [2.24, 2.45) is 5.41 Å². The minimum atomic E-state index is 0.124. The van der Waals surface area contributed by atoms with Crippen LogP contribution in [0.1, 0.15) is 48.0 Å². The van der Waals surface area contributed by atoms with Crippen LogP contribution in [-0.4, -0.2) is 38.5 Å². The Bertz CT molecular complexity index is 191. The van der Waals surface area contributed by atoms with E-state index in [-0.39, 0.29) is 11.6 Å². The Morgan fingerprint density at radius 3 is 2.06 bits per heavy atom. The van der Waals surface area contributed by atoms with Crippen molar-refractivity contribution in [1.82, 2.24) is 5.32 Å². The molecule has 0 spiro atoms. The molecule has 0 amide bonds. The van der Waals surface area contributed by atoms with Crippen molar-refractivity contribution in [3.63, 3.8) is 0 Å². The van der Waals surface area contributed by atoms with Gasteiger partial charge in [-0.25, -0.2) is 0 Å². The van der Waals surface area contributed by atoms with Gasteiger partial charge in [-0.05, 0) is 32.6 Å². The van der Waals surface area contributed by atoms with Crippen LogP contribution in [0.2, 0.25) is 0 Å². The van der Waals surface area contributed by atoms with E-state index in [1.54, 1.807) is 7.11 Å². The summed E-state index contributed by atoms with van der Waals surface area (Å²) in [5, 5.41) is 3.45.